The van der Waals surface area contributed by atoms with Crippen LogP contribution >= 0.6 is 15.9 Å². The second-order valence-electron chi connectivity index (χ2n) is 6.62. The van der Waals surface area contributed by atoms with Crippen LogP contribution in [0.5, 0.6) is 0 Å². The number of fused-ring (bicyclic) bond motifs is 1. The van der Waals surface area contributed by atoms with Crippen molar-refractivity contribution >= 4 is 38.3 Å². The van der Waals surface area contributed by atoms with E-state index in [9.17, 15) is 4.79 Å². The summed E-state index contributed by atoms with van der Waals surface area (Å²) in [5.41, 5.74) is 1.86. The number of nitrogens with zero attached hydrogens (tertiary/aromatic N) is 4. The number of hydrogen-bond acceptors (Lipinski definition) is 3. The number of carbonyl (C=O) groups is 1. The Hall–Kier alpha value is -2.93. The SMILES string of the molecule is CCC(C(=O)Nc1cnn(Cc2cccc3ccccc23)c1)n1cc(Br)cn1. The fourth-order valence-electron chi connectivity index (χ4n) is 3.32. The van der Waals surface area contributed by atoms with Gasteiger partial charge in [-0.1, -0.05) is 49.4 Å². The summed E-state index contributed by atoms with van der Waals surface area (Å²) >= 11 is 3.37. The molecule has 2 aromatic carbocycles. The Kier molecular flexibility index (Phi) is 5.25. The average molecular weight is 438 g/mol. The molecule has 1 amide bonds. The molecule has 0 aliphatic rings. The summed E-state index contributed by atoms with van der Waals surface area (Å²) in [4.78, 5) is 12.7. The molecule has 0 radical (unpaired) electrons. The normalized spacial score (nSPS) is 12.2. The molecule has 7 heteroatoms. The Morgan fingerprint density at radius 2 is 1.93 bits per heavy atom. The van der Waals surface area contributed by atoms with E-state index >= 15 is 0 Å². The van der Waals surface area contributed by atoms with Gasteiger partial charge in [-0.2, -0.15) is 10.2 Å². The molecule has 0 bridgehead atoms. The van der Waals surface area contributed by atoms with Crippen molar-refractivity contribution < 1.29 is 4.79 Å². The summed E-state index contributed by atoms with van der Waals surface area (Å²) in [6.07, 6.45) is 7.65. The van der Waals surface area contributed by atoms with E-state index in [1.807, 2.05) is 29.9 Å². The first-order chi connectivity index (χ1) is 13.6. The fraction of sp³-hybridized carbons (Fsp3) is 0.190. The molecule has 1 unspecified atom stereocenters. The lowest BCUT2D eigenvalue weighted by Gasteiger charge is -2.14. The van der Waals surface area contributed by atoms with Crippen LogP contribution in [-0.2, 0) is 11.3 Å². The first-order valence-electron chi connectivity index (χ1n) is 9.13. The summed E-state index contributed by atoms with van der Waals surface area (Å²) in [6, 6.07) is 14.2. The summed E-state index contributed by atoms with van der Waals surface area (Å²) in [7, 11) is 0. The van der Waals surface area contributed by atoms with Crippen molar-refractivity contribution in [3.63, 3.8) is 0 Å². The molecule has 4 rings (SSSR count). The van der Waals surface area contributed by atoms with Gasteiger partial charge in [-0.3, -0.25) is 14.2 Å². The topological polar surface area (TPSA) is 64.7 Å². The van der Waals surface area contributed by atoms with Gasteiger partial charge in [0.1, 0.15) is 6.04 Å². The van der Waals surface area contributed by atoms with E-state index in [1.54, 1.807) is 23.3 Å². The summed E-state index contributed by atoms with van der Waals surface area (Å²) < 4.78 is 4.35. The van der Waals surface area contributed by atoms with E-state index in [1.165, 1.54) is 16.3 Å². The molecular weight excluding hydrogens is 418 g/mol. The standard InChI is InChI=1S/C21H20BrN5O/c1-2-20(27-13-17(22)10-24-27)21(28)25-18-11-23-26(14-18)12-16-8-5-7-15-6-3-4-9-19(15)16/h3-11,13-14,20H,2,12H2,1H3,(H,25,28). The van der Waals surface area contributed by atoms with Crippen LogP contribution in [0.2, 0.25) is 0 Å². The average Bonchev–Trinajstić information content (AvgIpc) is 3.32. The van der Waals surface area contributed by atoms with Crippen molar-refractivity contribution in [2.24, 2.45) is 0 Å². The van der Waals surface area contributed by atoms with Crippen LogP contribution in [0.3, 0.4) is 0 Å². The van der Waals surface area contributed by atoms with Gasteiger partial charge in [0.05, 0.1) is 29.1 Å². The molecular formula is C21H20BrN5O. The zero-order valence-corrected chi connectivity index (χ0v) is 17.0. The summed E-state index contributed by atoms with van der Waals surface area (Å²) in [5, 5.41) is 14.0. The highest BCUT2D eigenvalue weighted by Gasteiger charge is 2.20. The van der Waals surface area contributed by atoms with Gasteiger partial charge in [-0.25, -0.2) is 0 Å². The van der Waals surface area contributed by atoms with Crippen molar-refractivity contribution in [2.45, 2.75) is 25.9 Å². The van der Waals surface area contributed by atoms with Gasteiger partial charge in [0.25, 0.3) is 0 Å². The largest absolute Gasteiger partial charge is 0.322 e. The maximum Gasteiger partial charge on any atom is 0.249 e. The number of halogens is 1. The first-order valence-corrected chi connectivity index (χ1v) is 9.93. The third-order valence-electron chi connectivity index (χ3n) is 4.69. The first kappa shape index (κ1) is 18.4. The Bertz CT molecular complexity index is 1110. The predicted octanol–water partition coefficient (Wildman–Crippen LogP) is 4.63. The second kappa shape index (κ2) is 7.98. The zero-order chi connectivity index (χ0) is 19.5. The molecule has 0 saturated heterocycles. The van der Waals surface area contributed by atoms with Crippen LogP contribution in [0.1, 0.15) is 24.9 Å². The Balaban J connectivity index is 1.49. The monoisotopic (exact) mass is 437 g/mol. The molecule has 142 valence electrons. The molecule has 0 spiro atoms. The predicted molar refractivity (Wildman–Crippen MR) is 113 cm³/mol. The van der Waals surface area contributed by atoms with E-state index in [-0.39, 0.29) is 11.9 Å². The Labute approximate surface area is 171 Å². The van der Waals surface area contributed by atoms with Crippen LogP contribution in [-0.4, -0.2) is 25.5 Å². The highest BCUT2D eigenvalue weighted by atomic mass is 79.9. The van der Waals surface area contributed by atoms with Crippen LogP contribution in [0.15, 0.2) is 71.7 Å². The van der Waals surface area contributed by atoms with Gasteiger partial charge in [-0.15, -0.1) is 0 Å². The number of rotatable bonds is 6. The lowest BCUT2D eigenvalue weighted by atomic mass is 10.0. The van der Waals surface area contributed by atoms with Crippen molar-refractivity contribution in [1.29, 1.82) is 0 Å². The lowest BCUT2D eigenvalue weighted by molar-refractivity contribution is -0.119. The molecule has 0 fully saturated rings. The summed E-state index contributed by atoms with van der Waals surface area (Å²) in [5.74, 6) is -0.109. The molecule has 0 saturated carbocycles. The van der Waals surface area contributed by atoms with Crippen molar-refractivity contribution in [1.82, 2.24) is 19.6 Å². The van der Waals surface area contributed by atoms with E-state index in [0.717, 1.165) is 4.47 Å². The molecule has 6 nitrogen and oxygen atoms in total. The van der Waals surface area contributed by atoms with Crippen LogP contribution in [0.25, 0.3) is 10.8 Å². The minimum absolute atomic E-state index is 0.109. The van der Waals surface area contributed by atoms with Gasteiger partial charge in [0.2, 0.25) is 5.91 Å². The molecule has 0 aliphatic carbocycles. The minimum atomic E-state index is -0.368. The van der Waals surface area contributed by atoms with E-state index in [0.29, 0.717) is 18.7 Å². The third-order valence-corrected chi connectivity index (χ3v) is 5.10. The second-order valence-corrected chi connectivity index (χ2v) is 7.53. The molecule has 4 aromatic rings. The quantitative estimate of drug-likeness (QED) is 0.477. The number of benzene rings is 2. The zero-order valence-electron chi connectivity index (χ0n) is 15.4. The molecule has 0 aliphatic heterocycles. The van der Waals surface area contributed by atoms with Gasteiger partial charge in [0.15, 0.2) is 0 Å². The third kappa shape index (κ3) is 3.84. The number of nitrogens with one attached hydrogen (secondary N) is 1. The maximum atomic E-state index is 12.7. The Morgan fingerprint density at radius 1 is 1.11 bits per heavy atom. The lowest BCUT2D eigenvalue weighted by Crippen LogP contribution is -2.25. The van der Waals surface area contributed by atoms with E-state index < -0.39 is 0 Å². The number of aromatic nitrogens is 4. The number of amides is 1. The van der Waals surface area contributed by atoms with Gasteiger partial charge < -0.3 is 5.32 Å². The van der Waals surface area contributed by atoms with E-state index in [2.05, 4.69) is 61.8 Å². The highest BCUT2D eigenvalue weighted by Crippen LogP contribution is 2.21. The number of carbonyl (C=O) groups excluding carboxylic acids is 1. The maximum absolute atomic E-state index is 12.7. The van der Waals surface area contributed by atoms with Crippen LogP contribution in [0, 0.1) is 0 Å². The van der Waals surface area contributed by atoms with Crippen molar-refractivity contribution in [3.05, 3.63) is 77.3 Å². The smallest absolute Gasteiger partial charge is 0.249 e. The number of anilines is 1. The van der Waals surface area contributed by atoms with Gasteiger partial charge in [0, 0.05) is 12.4 Å². The molecule has 1 atom stereocenters. The molecule has 2 aromatic heterocycles. The Morgan fingerprint density at radius 3 is 2.71 bits per heavy atom. The molecule has 1 N–H and O–H groups in total. The van der Waals surface area contributed by atoms with Crippen molar-refractivity contribution in [2.75, 3.05) is 5.32 Å². The van der Waals surface area contributed by atoms with Crippen molar-refractivity contribution in [3.8, 4) is 0 Å². The van der Waals surface area contributed by atoms with Gasteiger partial charge in [-0.05, 0) is 38.7 Å². The summed E-state index contributed by atoms with van der Waals surface area (Å²) in [6.45, 7) is 2.60. The number of hydrogen-bond donors (Lipinski definition) is 1. The molecule has 2 heterocycles. The van der Waals surface area contributed by atoms with Crippen LogP contribution < -0.4 is 5.32 Å². The van der Waals surface area contributed by atoms with Gasteiger partial charge >= 0.3 is 0 Å². The fourth-order valence-corrected chi connectivity index (χ4v) is 3.62. The molecule has 28 heavy (non-hydrogen) atoms. The van der Waals surface area contributed by atoms with Crippen LogP contribution in [0.4, 0.5) is 5.69 Å². The van der Waals surface area contributed by atoms with E-state index in [4.69, 9.17) is 0 Å². The highest BCUT2D eigenvalue weighted by molar-refractivity contribution is 9.10. The minimum Gasteiger partial charge on any atom is -0.322 e.